The first kappa shape index (κ1) is 15.3. The zero-order valence-corrected chi connectivity index (χ0v) is 12.4. The van der Waals surface area contributed by atoms with Crippen molar-refractivity contribution in [3.8, 4) is 5.75 Å². The summed E-state index contributed by atoms with van der Waals surface area (Å²) < 4.78 is 5.76. The molecule has 0 aliphatic carbocycles. The van der Waals surface area contributed by atoms with E-state index in [1.807, 2.05) is 32.0 Å². The summed E-state index contributed by atoms with van der Waals surface area (Å²) in [6, 6.07) is 6.02. The molecule has 1 aromatic carbocycles. The third-order valence-electron chi connectivity index (χ3n) is 3.78. The van der Waals surface area contributed by atoms with Crippen LogP contribution >= 0.6 is 0 Å². The van der Waals surface area contributed by atoms with Gasteiger partial charge in [-0.15, -0.1) is 0 Å². The summed E-state index contributed by atoms with van der Waals surface area (Å²) in [5.74, 6) is 0.866. The fourth-order valence-electron chi connectivity index (χ4n) is 2.75. The molecular weight excluding hydrogens is 254 g/mol. The Hall–Kier alpha value is -1.10. The second-order valence-corrected chi connectivity index (χ2v) is 5.74. The number of para-hydroxylation sites is 1. The van der Waals surface area contributed by atoms with Crippen LogP contribution in [0.2, 0.25) is 0 Å². The molecule has 2 atom stereocenters. The summed E-state index contributed by atoms with van der Waals surface area (Å²) in [4.78, 5) is 2.10. The number of hydrogen-bond donors (Lipinski definition) is 2. The second kappa shape index (κ2) is 7.07. The molecule has 4 heteroatoms. The number of likely N-dealkylation sites (tertiary alicyclic amines) is 1. The van der Waals surface area contributed by atoms with E-state index < -0.39 is 6.10 Å². The third-order valence-corrected chi connectivity index (χ3v) is 3.78. The molecule has 0 aromatic heterocycles. The van der Waals surface area contributed by atoms with Crippen LogP contribution in [-0.4, -0.2) is 53.6 Å². The molecule has 1 fully saturated rings. The smallest absolute Gasteiger partial charge is 0.125 e. The minimum Gasteiger partial charge on any atom is -0.490 e. The van der Waals surface area contributed by atoms with Crippen LogP contribution < -0.4 is 4.74 Å². The summed E-state index contributed by atoms with van der Waals surface area (Å²) in [6.45, 7) is 6.46. The van der Waals surface area contributed by atoms with Crippen LogP contribution in [0.5, 0.6) is 5.75 Å². The lowest BCUT2D eigenvalue weighted by Gasteiger charge is -2.31. The Labute approximate surface area is 121 Å². The SMILES string of the molecule is Cc1cccc(C)c1OC[C@H](O)CN1CCC[C@H](O)C1. The van der Waals surface area contributed by atoms with Crippen LogP contribution in [0.25, 0.3) is 0 Å². The van der Waals surface area contributed by atoms with E-state index in [-0.39, 0.29) is 12.7 Å². The van der Waals surface area contributed by atoms with Gasteiger partial charge in [0.1, 0.15) is 18.5 Å². The lowest BCUT2D eigenvalue weighted by molar-refractivity contribution is 0.0241. The van der Waals surface area contributed by atoms with Crippen LogP contribution in [-0.2, 0) is 0 Å². The monoisotopic (exact) mass is 279 g/mol. The van der Waals surface area contributed by atoms with Gasteiger partial charge in [0.25, 0.3) is 0 Å². The molecule has 112 valence electrons. The van der Waals surface area contributed by atoms with Crippen molar-refractivity contribution in [2.24, 2.45) is 0 Å². The number of rotatable bonds is 5. The van der Waals surface area contributed by atoms with E-state index in [0.29, 0.717) is 13.1 Å². The van der Waals surface area contributed by atoms with Gasteiger partial charge in [-0.1, -0.05) is 18.2 Å². The van der Waals surface area contributed by atoms with E-state index in [4.69, 9.17) is 4.74 Å². The number of aryl methyl sites for hydroxylation is 2. The van der Waals surface area contributed by atoms with Crippen molar-refractivity contribution in [2.75, 3.05) is 26.2 Å². The Kier molecular flexibility index (Phi) is 5.40. The Balaban J connectivity index is 1.81. The maximum Gasteiger partial charge on any atom is 0.125 e. The van der Waals surface area contributed by atoms with Gasteiger partial charge in [0.2, 0.25) is 0 Å². The summed E-state index contributed by atoms with van der Waals surface area (Å²) in [6.07, 6.45) is 1.08. The van der Waals surface area contributed by atoms with Crippen molar-refractivity contribution in [1.29, 1.82) is 0 Å². The van der Waals surface area contributed by atoms with Gasteiger partial charge < -0.3 is 14.9 Å². The quantitative estimate of drug-likeness (QED) is 0.857. The Morgan fingerprint density at radius 1 is 1.35 bits per heavy atom. The molecule has 20 heavy (non-hydrogen) atoms. The first-order valence-corrected chi connectivity index (χ1v) is 7.33. The lowest BCUT2D eigenvalue weighted by Crippen LogP contribution is -2.43. The molecule has 1 aliphatic rings. The standard InChI is InChI=1S/C16H25NO3/c1-12-5-3-6-13(2)16(12)20-11-15(19)10-17-8-4-7-14(18)9-17/h3,5-6,14-15,18-19H,4,7-11H2,1-2H3/t14-,15+/m0/s1. The van der Waals surface area contributed by atoms with Crippen molar-refractivity contribution in [2.45, 2.75) is 38.9 Å². The number of ether oxygens (including phenoxy) is 1. The zero-order valence-electron chi connectivity index (χ0n) is 12.4. The fraction of sp³-hybridized carbons (Fsp3) is 0.625. The van der Waals surface area contributed by atoms with E-state index in [9.17, 15) is 10.2 Å². The normalized spacial score (nSPS) is 21.7. The molecule has 0 unspecified atom stereocenters. The van der Waals surface area contributed by atoms with Crippen LogP contribution in [0.1, 0.15) is 24.0 Å². The topological polar surface area (TPSA) is 52.9 Å². The van der Waals surface area contributed by atoms with Gasteiger partial charge in [-0.05, 0) is 44.4 Å². The molecule has 0 bridgehead atoms. The second-order valence-electron chi connectivity index (χ2n) is 5.74. The third kappa shape index (κ3) is 4.20. The predicted octanol–water partition coefficient (Wildman–Crippen LogP) is 1.50. The lowest BCUT2D eigenvalue weighted by atomic mass is 10.1. The van der Waals surface area contributed by atoms with Gasteiger partial charge in [0, 0.05) is 13.1 Å². The average Bonchev–Trinajstić information content (AvgIpc) is 2.38. The van der Waals surface area contributed by atoms with Gasteiger partial charge in [0.05, 0.1) is 6.10 Å². The highest BCUT2D eigenvalue weighted by Gasteiger charge is 2.20. The van der Waals surface area contributed by atoms with Crippen LogP contribution in [0.4, 0.5) is 0 Å². The number of piperidine rings is 1. The fourth-order valence-corrected chi connectivity index (χ4v) is 2.75. The van der Waals surface area contributed by atoms with Crippen molar-refractivity contribution >= 4 is 0 Å². The molecule has 2 N–H and O–H groups in total. The molecule has 0 radical (unpaired) electrons. The summed E-state index contributed by atoms with van der Waals surface area (Å²) in [5, 5.41) is 19.7. The van der Waals surface area contributed by atoms with E-state index in [0.717, 1.165) is 36.3 Å². The highest BCUT2D eigenvalue weighted by Crippen LogP contribution is 2.22. The Bertz CT molecular complexity index is 415. The van der Waals surface area contributed by atoms with Crippen molar-refractivity contribution < 1.29 is 14.9 Å². The summed E-state index contributed by atoms with van der Waals surface area (Å²) in [7, 11) is 0. The predicted molar refractivity (Wildman–Crippen MR) is 79.1 cm³/mol. The first-order valence-electron chi connectivity index (χ1n) is 7.33. The number of hydrogen-bond acceptors (Lipinski definition) is 4. The number of aliphatic hydroxyl groups excluding tert-OH is 2. The maximum atomic E-state index is 10.1. The highest BCUT2D eigenvalue weighted by molar-refractivity contribution is 5.39. The van der Waals surface area contributed by atoms with Gasteiger partial charge in [-0.25, -0.2) is 0 Å². The van der Waals surface area contributed by atoms with Gasteiger partial charge in [0.15, 0.2) is 0 Å². The first-order chi connectivity index (χ1) is 9.56. The number of β-amino-alcohol motifs (C(OH)–C–C–N with tert-alkyl or cyclic N) is 2. The zero-order chi connectivity index (χ0) is 14.5. The summed E-state index contributed by atoms with van der Waals surface area (Å²) >= 11 is 0. The minimum absolute atomic E-state index is 0.254. The van der Waals surface area contributed by atoms with E-state index >= 15 is 0 Å². The average molecular weight is 279 g/mol. The van der Waals surface area contributed by atoms with Crippen LogP contribution in [0, 0.1) is 13.8 Å². The van der Waals surface area contributed by atoms with Gasteiger partial charge in [-0.2, -0.15) is 0 Å². The molecule has 0 amide bonds. The number of aliphatic hydroxyl groups is 2. The van der Waals surface area contributed by atoms with E-state index in [1.165, 1.54) is 0 Å². The molecule has 0 saturated carbocycles. The molecule has 1 aliphatic heterocycles. The Morgan fingerprint density at radius 3 is 2.70 bits per heavy atom. The molecule has 1 aromatic rings. The molecule has 4 nitrogen and oxygen atoms in total. The number of benzene rings is 1. The minimum atomic E-state index is -0.528. The van der Waals surface area contributed by atoms with Crippen molar-refractivity contribution in [3.05, 3.63) is 29.3 Å². The highest BCUT2D eigenvalue weighted by atomic mass is 16.5. The molecule has 1 saturated heterocycles. The van der Waals surface area contributed by atoms with Crippen LogP contribution in [0.3, 0.4) is 0 Å². The van der Waals surface area contributed by atoms with E-state index in [1.54, 1.807) is 0 Å². The van der Waals surface area contributed by atoms with E-state index in [2.05, 4.69) is 4.90 Å². The largest absolute Gasteiger partial charge is 0.490 e. The van der Waals surface area contributed by atoms with Gasteiger partial charge >= 0.3 is 0 Å². The van der Waals surface area contributed by atoms with Crippen molar-refractivity contribution in [1.82, 2.24) is 4.90 Å². The number of nitrogens with zero attached hydrogens (tertiary/aromatic N) is 1. The van der Waals surface area contributed by atoms with Crippen LogP contribution in [0.15, 0.2) is 18.2 Å². The summed E-state index contributed by atoms with van der Waals surface area (Å²) in [5.41, 5.74) is 2.18. The van der Waals surface area contributed by atoms with Crippen molar-refractivity contribution in [3.63, 3.8) is 0 Å². The molecule has 2 rings (SSSR count). The molecule has 0 spiro atoms. The molecular formula is C16H25NO3. The van der Waals surface area contributed by atoms with Gasteiger partial charge in [-0.3, -0.25) is 4.90 Å². The molecule has 1 heterocycles. The maximum absolute atomic E-state index is 10.1. The Morgan fingerprint density at radius 2 is 2.05 bits per heavy atom.